The zero-order chi connectivity index (χ0) is 13.4. The molecule has 1 heterocycles. The van der Waals surface area contributed by atoms with Crippen molar-refractivity contribution in [3.63, 3.8) is 0 Å². The van der Waals surface area contributed by atoms with Crippen LogP contribution < -0.4 is 5.32 Å². The van der Waals surface area contributed by atoms with E-state index in [1.807, 2.05) is 0 Å². The third-order valence-corrected chi connectivity index (χ3v) is 3.96. The van der Waals surface area contributed by atoms with Gasteiger partial charge in [0.1, 0.15) is 0 Å². The van der Waals surface area contributed by atoms with E-state index in [2.05, 4.69) is 29.6 Å². The van der Waals surface area contributed by atoms with Gasteiger partial charge in [-0.3, -0.25) is 14.5 Å². The average Bonchev–Trinajstić information content (AvgIpc) is 3.23. The molecule has 2 amide bonds. The lowest BCUT2D eigenvalue weighted by Crippen LogP contribution is -2.36. The van der Waals surface area contributed by atoms with Crippen molar-refractivity contribution in [3.05, 3.63) is 35.4 Å². The molecule has 1 saturated heterocycles. The topological polar surface area (TPSA) is 49.4 Å². The van der Waals surface area contributed by atoms with E-state index in [4.69, 9.17) is 0 Å². The Hall–Kier alpha value is -1.68. The van der Waals surface area contributed by atoms with Crippen molar-refractivity contribution in [1.29, 1.82) is 0 Å². The van der Waals surface area contributed by atoms with Crippen molar-refractivity contribution < 1.29 is 9.59 Å². The van der Waals surface area contributed by atoms with Crippen LogP contribution in [0.5, 0.6) is 0 Å². The van der Waals surface area contributed by atoms with E-state index in [0.717, 1.165) is 11.5 Å². The Kier molecular flexibility index (Phi) is 3.11. The number of imide groups is 1. The molecule has 1 N–H and O–H groups in total. The van der Waals surface area contributed by atoms with Gasteiger partial charge in [-0.05, 0) is 29.9 Å². The molecule has 1 atom stereocenters. The average molecular weight is 258 g/mol. The molecule has 1 saturated carbocycles. The van der Waals surface area contributed by atoms with Gasteiger partial charge >= 0.3 is 0 Å². The van der Waals surface area contributed by atoms with Crippen molar-refractivity contribution in [2.45, 2.75) is 37.8 Å². The van der Waals surface area contributed by atoms with E-state index >= 15 is 0 Å². The van der Waals surface area contributed by atoms with Gasteiger partial charge in [0.25, 0.3) is 0 Å². The Labute approximate surface area is 112 Å². The minimum Gasteiger partial charge on any atom is -0.301 e. The van der Waals surface area contributed by atoms with Crippen molar-refractivity contribution >= 4 is 11.8 Å². The molecule has 19 heavy (non-hydrogen) atoms. The first-order chi connectivity index (χ1) is 9.15. The summed E-state index contributed by atoms with van der Waals surface area (Å²) in [5, 5.41) is 3.16. The molecular weight excluding hydrogens is 240 g/mol. The molecule has 4 heteroatoms. The summed E-state index contributed by atoms with van der Waals surface area (Å²) in [5.74, 6) is 0.538. The number of carbonyl (C=O) groups is 2. The lowest BCUT2D eigenvalue weighted by molar-refractivity contribution is -0.137. The highest BCUT2D eigenvalue weighted by Gasteiger charge is 2.35. The predicted molar refractivity (Wildman–Crippen MR) is 71.4 cm³/mol. The van der Waals surface area contributed by atoms with E-state index in [0.29, 0.717) is 6.54 Å². The van der Waals surface area contributed by atoms with Crippen LogP contribution in [0.2, 0.25) is 0 Å². The molecular formula is C15H18N2O2. The number of hydrogen-bond donors (Lipinski definition) is 1. The number of rotatable bonds is 4. The van der Waals surface area contributed by atoms with Gasteiger partial charge in [-0.25, -0.2) is 0 Å². The molecule has 0 radical (unpaired) electrons. The SMILES string of the molecule is CN1C(=O)CC(NCc2ccc(C3CC3)cc2)C1=O. The Morgan fingerprint density at radius 1 is 1.21 bits per heavy atom. The number of nitrogens with zero attached hydrogens (tertiary/aromatic N) is 1. The maximum Gasteiger partial charge on any atom is 0.246 e. The summed E-state index contributed by atoms with van der Waals surface area (Å²) >= 11 is 0. The summed E-state index contributed by atoms with van der Waals surface area (Å²) in [4.78, 5) is 24.3. The van der Waals surface area contributed by atoms with Crippen LogP contribution in [0.4, 0.5) is 0 Å². The largest absolute Gasteiger partial charge is 0.301 e. The van der Waals surface area contributed by atoms with Crippen LogP contribution in [0.15, 0.2) is 24.3 Å². The summed E-state index contributed by atoms with van der Waals surface area (Å²) in [7, 11) is 1.54. The van der Waals surface area contributed by atoms with E-state index in [1.165, 1.54) is 30.4 Å². The highest BCUT2D eigenvalue weighted by Crippen LogP contribution is 2.39. The van der Waals surface area contributed by atoms with Crippen LogP contribution >= 0.6 is 0 Å². The molecule has 0 bridgehead atoms. The Bertz CT molecular complexity index is 505. The predicted octanol–water partition coefficient (Wildman–Crippen LogP) is 1.41. The molecule has 2 fully saturated rings. The first-order valence-corrected chi connectivity index (χ1v) is 6.78. The van der Waals surface area contributed by atoms with Gasteiger partial charge in [-0.1, -0.05) is 24.3 Å². The normalized spacial score (nSPS) is 23.2. The van der Waals surface area contributed by atoms with Gasteiger partial charge in [0.15, 0.2) is 0 Å². The minimum atomic E-state index is -0.361. The molecule has 100 valence electrons. The Morgan fingerprint density at radius 2 is 1.89 bits per heavy atom. The fraction of sp³-hybridized carbons (Fsp3) is 0.467. The number of likely N-dealkylation sites (N-methyl/N-ethyl adjacent to an activating group) is 1. The number of amides is 2. The minimum absolute atomic E-state index is 0.105. The van der Waals surface area contributed by atoms with Crippen LogP contribution in [0, 0.1) is 0 Å². The number of likely N-dealkylation sites (tertiary alicyclic amines) is 1. The quantitative estimate of drug-likeness (QED) is 0.831. The molecule has 1 aromatic rings. The van der Waals surface area contributed by atoms with Crippen LogP contribution in [0.25, 0.3) is 0 Å². The monoisotopic (exact) mass is 258 g/mol. The van der Waals surface area contributed by atoms with E-state index in [9.17, 15) is 9.59 Å². The smallest absolute Gasteiger partial charge is 0.246 e. The Balaban J connectivity index is 1.57. The van der Waals surface area contributed by atoms with Crippen molar-refractivity contribution in [3.8, 4) is 0 Å². The maximum absolute atomic E-state index is 11.7. The van der Waals surface area contributed by atoms with E-state index in [-0.39, 0.29) is 24.3 Å². The van der Waals surface area contributed by atoms with E-state index < -0.39 is 0 Å². The molecule has 0 aromatic heterocycles. The second-order valence-corrected chi connectivity index (χ2v) is 5.44. The second kappa shape index (κ2) is 4.78. The molecule has 1 aromatic carbocycles. The van der Waals surface area contributed by atoms with Gasteiger partial charge in [0.05, 0.1) is 12.5 Å². The van der Waals surface area contributed by atoms with Crippen LogP contribution in [-0.2, 0) is 16.1 Å². The molecule has 1 unspecified atom stereocenters. The van der Waals surface area contributed by atoms with Gasteiger partial charge in [0.2, 0.25) is 11.8 Å². The zero-order valence-electron chi connectivity index (χ0n) is 11.1. The van der Waals surface area contributed by atoms with Crippen LogP contribution in [0.1, 0.15) is 36.3 Å². The lowest BCUT2D eigenvalue weighted by Gasteiger charge is -2.11. The molecule has 2 aliphatic rings. The number of carbonyl (C=O) groups excluding carboxylic acids is 2. The first kappa shape index (κ1) is 12.4. The number of benzene rings is 1. The lowest BCUT2D eigenvalue weighted by atomic mass is 10.1. The molecule has 1 aliphatic heterocycles. The van der Waals surface area contributed by atoms with Gasteiger partial charge in [-0.15, -0.1) is 0 Å². The van der Waals surface area contributed by atoms with Crippen LogP contribution in [0.3, 0.4) is 0 Å². The number of nitrogens with one attached hydrogen (secondary N) is 1. The maximum atomic E-state index is 11.7. The van der Waals surface area contributed by atoms with Gasteiger partial charge in [-0.2, -0.15) is 0 Å². The summed E-state index contributed by atoms with van der Waals surface area (Å²) in [6, 6.07) is 8.18. The molecule has 1 aliphatic carbocycles. The molecule has 0 spiro atoms. The summed E-state index contributed by atoms with van der Waals surface area (Å²) in [6.07, 6.45) is 2.89. The van der Waals surface area contributed by atoms with Crippen LogP contribution in [-0.4, -0.2) is 29.8 Å². The molecule has 3 rings (SSSR count). The zero-order valence-corrected chi connectivity index (χ0v) is 11.1. The standard InChI is InChI=1S/C15H18N2O2/c1-17-14(18)8-13(15(17)19)16-9-10-2-4-11(5-3-10)12-6-7-12/h2-5,12-13,16H,6-9H2,1H3. The van der Waals surface area contributed by atoms with Crippen molar-refractivity contribution in [2.24, 2.45) is 0 Å². The fourth-order valence-corrected chi connectivity index (χ4v) is 2.48. The first-order valence-electron chi connectivity index (χ1n) is 6.78. The summed E-state index contributed by atoms with van der Waals surface area (Å²) in [6.45, 7) is 0.627. The van der Waals surface area contributed by atoms with Gasteiger partial charge in [0, 0.05) is 13.6 Å². The van der Waals surface area contributed by atoms with Crippen molar-refractivity contribution in [1.82, 2.24) is 10.2 Å². The third-order valence-electron chi connectivity index (χ3n) is 3.96. The van der Waals surface area contributed by atoms with E-state index in [1.54, 1.807) is 0 Å². The Morgan fingerprint density at radius 3 is 2.42 bits per heavy atom. The fourth-order valence-electron chi connectivity index (χ4n) is 2.48. The summed E-state index contributed by atoms with van der Waals surface area (Å²) < 4.78 is 0. The highest BCUT2D eigenvalue weighted by molar-refractivity contribution is 6.05. The second-order valence-electron chi connectivity index (χ2n) is 5.44. The highest BCUT2D eigenvalue weighted by atomic mass is 16.2. The van der Waals surface area contributed by atoms with Gasteiger partial charge < -0.3 is 5.32 Å². The third kappa shape index (κ3) is 2.54. The van der Waals surface area contributed by atoms with Crippen molar-refractivity contribution in [2.75, 3.05) is 7.05 Å². The number of hydrogen-bond acceptors (Lipinski definition) is 3. The summed E-state index contributed by atoms with van der Waals surface area (Å²) in [5.41, 5.74) is 2.56. The molecule has 4 nitrogen and oxygen atoms in total.